The molecule has 2 aromatic rings. The average molecular weight is 307 g/mol. The second-order valence-electron chi connectivity index (χ2n) is 4.24. The molecule has 0 unspecified atom stereocenters. The molecule has 0 aliphatic rings. The number of benzene rings is 2. The van der Waals surface area contributed by atoms with Crippen LogP contribution in [-0.2, 0) is 10.0 Å². The van der Waals surface area contributed by atoms with E-state index < -0.39 is 15.9 Å². The van der Waals surface area contributed by atoms with E-state index in [9.17, 15) is 18.3 Å². The summed E-state index contributed by atoms with van der Waals surface area (Å²) in [5, 5.41) is 9.31. The van der Waals surface area contributed by atoms with Crippen molar-refractivity contribution in [2.24, 2.45) is 5.73 Å². The number of nitrogens with one attached hydrogen (secondary N) is 1. The third-order valence-electron chi connectivity index (χ3n) is 2.75. The van der Waals surface area contributed by atoms with E-state index in [4.69, 9.17) is 11.5 Å². The summed E-state index contributed by atoms with van der Waals surface area (Å²) in [6, 6.07) is 9.44. The van der Waals surface area contributed by atoms with Gasteiger partial charge in [-0.1, -0.05) is 12.1 Å². The predicted molar refractivity (Wildman–Crippen MR) is 78.3 cm³/mol. The lowest BCUT2D eigenvalue weighted by Gasteiger charge is -2.11. The van der Waals surface area contributed by atoms with Crippen molar-refractivity contribution in [3.8, 4) is 5.75 Å². The van der Waals surface area contributed by atoms with Crippen molar-refractivity contribution in [3.63, 3.8) is 0 Å². The van der Waals surface area contributed by atoms with Crippen LogP contribution < -0.4 is 16.2 Å². The van der Waals surface area contributed by atoms with E-state index in [0.717, 1.165) is 6.07 Å². The number of hydrogen-bond donors (Lipinski definition) is 4. The van der Waals surface area contributed by atoms with E-state index in [0.29, 0.717) is 0 Å². The van der Waals surface area contributed by atoms with Gasteiger partial charge in [-0.3, -0.25) is 9.52 Å². The summed E-state index contributed by atoms with van der Waals surface area (Å²) < 4.78 is 26.7. The molecule has 6 N–H and O–H groups in total. The molecular formula is C13H13N3O4S. The number of phenols is 1. The van der Waals surface area contributed by atoms with Crippen molar-refractivity contribution in [1.29, 1.82) is 0 Å². The maximum Gasteiger partial charge on any atom is 0.261 e. The van der Waals surface area contributed by atoms with Gasteiger partial charge in [0.2, 0.25) is 0 Å². The first-order chi connectivity index (χ1) is 9.81. The number of nitrogen functional groups attached to an aromatic ring is 1. The number of nitrogens with two attached hydrogens (primary N) is 2. The van der Waals surface area contributed by atoms with Crippen molar-refractivity contribution in [3.05, 3.63) is 48.0 Å². The molecule has 0 radical (unpaired) electrons. The van der Waals surface area contributed by atoms with Crippen LogP contribution in [-0.4, -0.2) is 19.4 Å². The monoisotopic (exact) mass is 307 g/mol. The van der Waals surface area contributed by atoms with E-state index in [1.54, 1.807) is 12.1 Å². The Hall–Kier alpha value is -2.74. The second kappa shape index (κ2) is 5.33. The smallest absolute Gasteiger partial charge is 0.261 e. The zero-order valence-electron chi connectivity index (χ0n) is 10.8. The number of carbonyl (C=O) groups is 1. The number of aromatic hydroxyl groups is 1. The maximum atomic E-state index is 12.2. The number of phenolic OH excluding ortho intramolecular Hbond substituents is 1. The quantitative estimate of drug-likeness (QED) is 0.491. The second-order valence-corrected chi connectivity index (χ2v) is 5.92. The molecule has 2 rings (SSSR count). The Labute approximate surface area is 121 Å². The van der Waals surface area contributed by atoms with Crippen LogP contribution in [0.25, 0.3) is 0 Å². The van der Waals surface area contributed by atoms with E-state index >= 15 is 0 Å². The summed E-state index contributed by atoms with van der Waals surface area (Å²) >= 11 is 0. The average Bonchev–Trinajstić information content (AvgIpc) is 2.41. The molecule has 8 heteroatoms. The standard InChI is InChI=1S/C13H13N3O4S/c14-10-7-8(5-6-12(10)17)21(19,20)16-11-4-2-1-3-9(11)13(15)18/h1-7,16-17H,14H2,(H2,15,18). The number of hydrogen-bond acceptors (Lipinski definition) is 5. The van der Waals surface area contributed by atoms with Crippen LogP contribution in [0.5, 0.6) is 5.75 Å². The molecular weight excluding hydrogens is 294 g/mol. The van der Waals surface area contributed by atoms with Crippen LogP contribution in [0, 0.1) is 0 Å². The lowest BCUT2D eigenvalue weighted by Crippen LogP contribution is -2.18. The van der Waals surface area contributed by atoms with E-state index in [1.807, 2.05) is 0 Å². The SMILES string of the molecule is NC(=O)c1ccccc1NS(=O)(=O)c1ccc(O)c(N)c1. The first-order valence-corrected chi connectivity index (χ1v) is 7.30. The third kappa shape index (κ3) is 3.06. The Balaban J connectivity index is 2.42. The van der Waals surface area contributed by atoms with Crippen LogP contribution in [0.1, 0.15) is 10.4 Å². The summed E-state index contributed by atoms with van der Waals surface area (Å²) in [6.45, 7) is 0. The maximum absolute atomic E-state index is 12.2. The minimum atomic E-state index is -3.96. The lowest BCUT2D eigenvalue weighted by molar-refractivity contribution is 0.100. The highest BCUT2D eigenvalue weighted by molar-refractivity contribution is 7.92. The first-order valence-electron chi connectivity index (χ1n) is 5.81. The van der Waals surface area contributed by atoms with E-state index in [1.165, 1.54) is 24.3 Å². The molecule has 0 aliphatic heterocycles. The van der Waals surface area contributed by atoms with Gasteiger partial charge in [0.15, 0.2) is 0 Å². The predicted octanol–water partition coefficient (Wildman–Crippen LogP) is 0.874. The number of para-hydroxylation sites is 1. The van der Waals surface area contributed by atoms with Crippen molar-refractivity contribution in [2.75, 3.05) is 10.5 Å². The highest BCUT2D eigenvalue weighted by Crippen LogP contribution is 2.25. The molecule has 0 bridgehead atoms. The topological polar surface area (TPSA) is 136 Å². The van der Waals surface area contributed by atoms with Gasteiger partial charge >= 0.3 is 0 Å². The molecule has 0 atom stereocenters. The van der Waals surface area contributed by atoms with Gasteiger partial charge < -0.3 is 16.6 Å². The highest BCUT2D eigenvalue weighted by atomic mass is 32.2. The summed E-state index contributed by atoms with van der Waals surface area (Å²) in [4.78, 5) is 11.1. The molecule has 0 aromatic heterocycles. The van der Waals surface area contributed by atoms with Crippen molar-refractivity contribution < 1.29 is 18.3 Å². The number of sulfonamides is 1. The van der Waals surface area contributed by atoms with E-state index in [-0.39, 0.29) is 27.6 Å². The van der Waals surface area contributed by atoms with Crippen molar-refractivity contribution >= 4 is 27.3 Å². The molecule has 0 heterocycles. The molecule has 21 heavy (non-hydrogen) atoms. The summed E-state index contributed by atoms with van der Waals surface area (Å²) in [5.41, 5.74) is 10.7. The number of amides is 1. The fourth-order valence-corrected chi connectivity index (χ4v) is 2.81. The molecule has 7 nitrogen and oxygen atoms in total. The van der Waals surface area contributed by atoms with Crippen LogP contribution in [0.15, 0.2) is 47.4 Å². The van der Waals surface area contributed by atoms with Crippen LogP contribution in [0.2, 0.25) is 0 Å². The zero-order valence-corrected chi connectivity index (χ0v) is 11.6. The van der Waals surface area contributed by atoms with Crippen LogP contribution in [0.3, 0.4) is 0 Å². The molecule has 0 saturated heterocycles. The van der Waals surface area contributed by atoms with Gasteiger partial charge in [0.1, 0.15) is 5.75 Å². The van der Waals surface area contributed by atoms with Gasteiger partial charge in [0.05, 0.1) is 21.8 Å². The Morgan fingerprint density at radius 3 is 2.43 bits per heavy atom. The van der Waals surface area contributed by atoms with Gasteiger partial charge in [-0.15, -0.1) is 0 Å². The summed E-state index contributed by atoms with van der Waals surface area (Å²) in [7, 11) is -3.96. The number of carbonyl (C=O) groups excluding carboxylic acids is 1. The van der Waals surface area contributed by atoms with Gasteiger partial charge in [0, 0.05) is 0 Å². The Morgan fingerprint density at radius 1 is 1.14 bits per heavy atom. The van der Waals surface area contributed by atoms with Crippen LogP contribution in [0.4, 0.5) is 11.4 Å². The lowest BCUT2D eigenvalue weighted by atomic mass is 10.2. The Bertz CT molecular complexity index is 803. The molecule has 0 saturated carbocycles. The fourth-order valence-electron chi connectivity index (χ4n) is 1.69. The summed E-state index contributed by atoms with van der Waals surface area (Å²) in [6.07, 6.45) is 0. The van der Waals surface area contributed by atoms with E-state index in [2.05, 4.69) is 4.72 Å². The van der Waals surface area contributed by atoms with Crippen molar-refractivity contribution in [2.45, 2.75) is 4.90 Å². The zero-order chi connectivity index (χ0) is 15.6. The molecule has 0 fully saturated rings. The third-order valence-corrected chi connectivity index (χ3v) is 4.11. The first kappa shape index (κ1) is 14.7. The van der Waals surface area contributed by atoms with Gasteiger partial charge in [0.25, 0.3) is 15.9 Å². The molecule has 0 spiro atoms. The minimum Gasteiger partial charge on any atom is -0.506 e. The van der Waals surface area contributed by atoms with Gasteiger partial charge in [-0.2, -0.15) is 0 Å². The summed E-state index contributed by atoms with van der Waals surface area (Å²) in [5.74, 6) is -0.968. The number of anilines is 2. The van der Waals surface area contributed by atoms with Crippen LogP contribution >= 0.6 is 0 Å². The van der Waals surface area contributed by atoms with Crippen molar-refractivity contribution in [1.82, 2.24) is 0 Å². The highest BCUT2D eigenvalue weighted by Gasteiger charge is 2.18. The largest absolute Gasteiger partial charge is 0.506 e. The molecule has 2 aromatic carbocycles. The van der Waals surface area contributed by atoms with Gasteiger partial charge in [-0.25, -0.2) is 8.42 Å². The normalized spacial score (nSPS) is 11.0. The molecule has 110 valence electrons. The Morgan fingerprint density at radius 2 is 1.81 bits per heavy atom. The molecule has 1 amide bonds. The van der Waals surface area contributed by atoms with Gasteiger partial charge in [-0.05, 0) is 30.3 Å². The molecule has 0 aliphatic carbocycles. The fraction of sp³-hybridized carbons (Fsp3) is 0. The Kier molecular flexibility index (Phi) is 3.72. The number of primary amides is 1. The number of rotatable bonds is 4. The minimum absolute atomic E-state index is 0.0489.